The molecule has 0 N–H and O–H groups in total. The van der Waals surface area contributed by atoms with E-state index in [2.05, 4.69) is 12.7 Å². The van der Waals surface area contributed by atoms with Gasteiger partial charge in [0.05, 0.1) is 5.60 Å². The van der Waals surface area contributed by atoms with Crippen LogP contribution in [0.5, 0.6) is 0 Å². The number of amides is 1. The zero-order chi connectivity index (χ0) is 20.8. The zero-order valence-corrected chi connectivity index (χ0v) is 16.6. The van der Waals surface area contributed by atoms with Gasteiger partial charge in [-0.3, -0.25) is 0 Å². The number of allylic oxidation sites excluding steroid dienone is 1. The summed E-state index contributed by atoms with van der Waals surface area (Å²) in [4.78, 5) is 25.6. The minimum absolute atomic E-state index is 0.00495. The van der Waals surface area contributed by atoms with Gasteiger partial charge in [0.25, 0.3) is 5.92 Å². The van der Waals surface area contributed by atoms with Crippen molar-refractivity contribution < 1.29 is 32.6 Å². The third kappa shape index (κ3) is 4.17. The van der Waals surface area contributed by atoms with Gasteiger partial charge in [-0.15, -0.1) is 0 Å². The SMILES string of the molecule is C=C1C(=O)O[C@H]2[C@H]1CC/C(COC(=O)N1CCC(F)(F)CC1)=C\CC[C@@]1(C)O[C@@H]21. The molecular weight excluding hydrogens is 384 g/mol. The molecule has 1 aliphatic carbocycles. The minimum Gasteiger partial charge on any atom is -0.455 e. The molecule has 0 saturated carbocycles. The van der Waals surface area contributed by atoms with Crippen molar-refractivity contribution in [2.24, 2.45) is 5.92 Å². The van der Waals surface area contributed by atoms with Gasteiger partial charge in [0.1, 0.15) is 18.8 Å². The fourth-order valence-electron chi connectivity index (χ4n) is 4.51. The first-order valence-corrected chi connectivity index (χ1v) is 10.2. The second kappa shape index (κ2) is 7.38. The molecule has 29 heavy (non-hydrogen) atoms. The molecule has 0 aromatic rings. The average Bonchev–Trinajstić information content (AvgIpc) is 3.26. The number of alkyl halides is 2. The molecule has 3 saturated heterocycles. The summed E-state index contributed by atoms with van der Waals surface area (Å²) in [5.41, 5.74) is 1.11. The first-order valence-electron chi connectivity index (χ1n) is 10.2. The monoisotopic (exact) mass is 411 g/mol. The van der Waals surface area contributed by atoms with Crippen LogP contribution in [0.15, 0.2) is 23.8 Å². The number of hydrogen-bond donors (Lipinski definition) is 0. The summed E-state index contributed by atoms with van der Waals surface area (Å²) in [6.45, 7) is 6.04. The number of likely N-dealkylation sites (tertiary alicyclic amines) is 1. The number of hydrogen-bond acceptors (Lipinski definition) is 5. The second-order valence-electron chi connectivity index (χ2n) is 8.69. The van der Waals surface area contributed by atoms with Crippen molar-refractivity contribution in [3.05, 3.63) is 23.8 Å². The smallest absolute Gasteiger partial charge is 0.410 e. The highest BCUT2D eigenvalue weighted by atomic mass is 19.3. The largest absolute Gasteiger partial charge is 0.455 e. The van der Waals surface area contributed by atoms with E-state index in [1.54, 1.807) is 0 Å². The van der Waals surface area contributed by atoms with E-state index in [1.807, 2.05) is 6.92 Å². The van der Waals surface area contributed by atoms with Gasteiger partial charge >= 0.3 is 12.1 Å². The third-order valence-electron chi connectivity index (χ3n) is 6.57. The van der Waals surface area contributed by atoms with Crippen LogP contribution in [0.1, 0.15) is 45.4 Å². The zero-order valence-electron chi connectivity index (χ0n) is 16.6. The molecule has 0 spiro atoms. The summed E-state index contributed by atoms with van der Waals surface area (Å²) in [5.74, 6) is -3.18. The highest BCUT2D eigenvalue weighted by molar-refractivity contribution is 5.91. The molecular formula is C21H27F2NO5. The molecule has 1 amide bonds. The summed E-state index contributed by atoms with van der Waals surface area (Å²) in [5, 5.41) is 0. The molecule has 0 radical (unpaired) electrons. The summed E-state index contributed by atoms with van der Waals surface area (Å²) in [6, 6.07) is 0. The van der Waals surface area contributed by atoms with E-state index in [4.69, 9.17) is 14.2 Å². The maximum Gasteiger partial charge on any atom is 0.410 e. The summed E-state index contributed by atoms with van der Waals surface area (Å²) < 4.78 is 43.3. The quantitative estimate of drug-likeness (QED) is 0.301. The highest BCUT2D eigenvalue weighted by Gasteiger charge is 2.61. The average molecular weight is 411 g/mol. The van der Waals surface area contributed by atoms with E-state index >= 15 is 0 Å². The number of piperidine rings is 1. The number of carbonyl (C=O) groups is 2. The number of esters is 1. The van der Waals surface area contributed by atoms with E-state index in [0.717, 1.165) is 18.4 Å². The molecule has 0 aromatic carbocycles. The summed E-state index contributed by atoms with van der Waals surface area (Å²) in [7, 11) is 0. The lowest BCUT2D eigenvalue weighted by molar-refractivity contribution is -0.140. The first-order chi connectivity index (χ1) is 13.7. The molecule has 0 unspecified atom stereocenters. The van der Waals surface area contributed by atoms with Gasteiger partial charge in [-0.1, -0.05) is 12.7 Å². The standard InChI is InChI=1S/C21H27F2NO5/c1-13-15-6-5-14(12-27-19(26)24-10-8-21(22,23)9-11-24)4-3-7-20(2)17(29-20)16(15)28-18(13)25/h4,15-17H,1,3,5-12H2,2H3/b14-4+/t15-,16-,17-,20+/m0/s1. The Morgan fingerprint density at radius 3 is 2.79 bits per heavy atom. The van der Waals surface area contributed by atoms with Crippen LogP contribution in [0.25, 0.3) is 0 Å². The Morgan fingerprint density at radius 2 is 2.07 bits per heavy atom. The number of rotatable bonds is 2. The number of ether oxygens (including phenoxy) is 3. The fourth-order valence-corrected chi connectivity index (χ4v) is 4.51. The van der Waals surface area contributed by atoms with Crippen molar-refractivity contribution in [1.82, 2.24) is 4.90 Å². The molecule has 0 aromatic heterocycles. The van der Waals surface area contributed by atoms with Crippen LogP contribution in [0.4, 0.5) is 13.6 Å². The molecule has 4 aliphatic rings. The van der Waals surface area contributed by atoms with E-state index in [0.29, 0.717) is 18.4 Å². The summed E-state index contributed by atoms with van der Waals surface area (Å²) >= 11 is 0. The number of nitrogens with zero attached hydrogens (tertiary/aromatic N) is 1. The molecule has 6 nitrogen and oxygen atoms in total. The van der Waals surface area contributed by atoms with Crippen LogP contribution >= 0.6 is 0 Å². The Hall–Kier alpha value is -1.96. The normalized spacial score (nSPS) is 38.2. The maximum atomic E-state index is 13.3. The molecule has 4 rings (SSSR count). The second-order valence-corrected chi connectivity index (χ2v) is 8.69. The van der Waals surface area contributed by atoms with Crippen molar-refractivity contribution in [1.29, 1.82) is 0 Å². The number of epoxide rings is 1. The van der Waals surface area contributed by atoms with Crippen molar-refractivity contribution >= 4 is 12.1 Å². The van der Waals surface area contributed by atoms with Crippen molar-refractivity contribution in [2.75, 3.05) is 19.7 Å². The van der Waals surface area contributed by atoms with Crippen molar-refractivity contribution in [3.8, 4) is 0 Å². The fraction of sp³-hybridized carbons (Fsp3) is 0.714. The van der Waals surface area contributed by atoms with Crippen LogP contribution in [-0.2, 0) is 19.0 Å². The Balaban J connectivity index is 1.36. The van der Waals surface area contributed by atoms with Gasteiger partial charge in [-0.2, -0.15) is 0 Å². The van der Waals surface area contributed by atoms with E-state index in [-0.39, 0.29) is 62.2 Å². The molecule has 3 aliphatic heterocycles. The van der Waals surface area contributed by atoms with Crippen LogP contribution < -0.4 is 0 Å². The lowest BCUT2D eigenvalue weighted by atomic mass is 9.84. The van der Waals surface area contributed by atoms with Crippen LogP contribution in [-0.4, -0.2) is 60.4 Å². The van der Waals surface area contributed by atoms with Gasteiger partial charge in [0.15, 0.2) is 0 Å². The topological polar surface area (TPSA) is 68.4 Å². The van der Waals surface area contributed by atoms with Gasteiger partial charge in [0, 0.05) is 37.4 Å². The highest BCUT2D eigenvalue weighted by Crippen LogP contribution is 2.49. The lowest BCUT2D eigenvalue weighted by Crippen LogP contribution is -2.43. The Labute approximate surface area is 168 Å². The predicted molar refractivity (Wildman–Crippen MR) is 99.4 cm³/mol. The molecule has 8 heteroatoms. The Bertz CT molecular complexity index is 741. The van der Waals surface area contributed by atoms with Gasteiger partial charge < -0.3 is 19.1 Å². The first kappa shape index (κ1) is 20.3. The molecule has 0 bridgehead atoms. The Kier molecular flexibility index (Phi) is 5.17. The minimum atomic E-state index is -2.70. The lowest BCUT2D eigenvalue weighted by Gasteiger charge is -2.31. The van der Waals surface area contributed by atoms with E-state index in [1.165, 1.54) is 4.90 Å². The number of carbonyl (C=O) groups excluding carboxylic acids is 2. The summed E-state index contributed by atoms with van der Waals surface area (Å²) in [6.07, 6.45) is 3.28. The molecule has 3 heterocycles. The third-order valence-corrected chi connectivity index (χ3v) is 6.57. The van der Waals surface area contributed by atoms with Crippen molar-refractivity contribution in [2.45, 2.75) is 69.2 Å². The van der Waals surface area contributed by atoms with Crippen molar-refractivity contribution in [3.63, 3.8) is 0 Å². The molecule has 160 valence electrons. The number of fused-ring (bicyclic) bond motifs is 3. The van der Waals surface area contributed by atoms with Gasteiger partial charge in [-0.05, 0) is 38.2 Å². The maximum absolute atomic E-state index is 13.3. The van der Waals surface area contributed by atoms with Crippen LogP contribution in [0, 0.1) is 5.92 Å². The van der Waals surface area contributed by atoms with Crippen LogP contribution in [0.3, 0.4) is 0 Å². The molecule has 4 atom stereocenters. The van der Waals surface area contributed by atoms with E-state index in [9.17, 15) is 18.4 Å². The number of halogens is 2. The molecule has 3 fully saturated rings. The van der Waals surface area contributed by atoms with Gasteiger partial charge in [0.2, 0.25) is 0 Å². The Morgan fingerprint density at radius 1 is 1.34 bits per heavy atom. The van der Waals surface area contributed by atoms with E-state index < -0.39 is 12.0 Å². The van der Waals surface area contributed by atoms with Gasteiger partial charge in [-0.25, -0.2) is 18.4 Å². The predicted octanol–water partition coefficient (Wildman–Crippen LogP) is 3.61. The van der Waals surface area contributed by atoms with Crippen LogP contribution in [0.2, 0.25) is 0 Å².